The molecule has 0 radical (unpaired) electrons. The van der Waals surface area contributed by atoms with Gasteiger partial charge in [0.25, 0.3) is 5.89 Å². The smallest absolute Gasteiger partial charge is 0.261 e. The number of rotatable bonds is 2. The highest BCUT2D eigenvalue weighted by molar-refractivity contribution is 5.64. The lowest BCUT2D eigenvalue weighted by Crippen LogP contribution is -2.22. The first-order valence-electron chi connectivity index (χ1n) is 6.07. The molecule has 1 aromatic carbocycles. The van der Waals surface area contributed by atoms with Crippen molar-refractivity contribution in [1.29, 1.82) is 0 Å². The zero-order valence-corrected chi connectivity index (χ0v) is 10.5. The molecule has 1 atom stereocenters. The van der Waals surface area contributed by atoms with Gasteiger partial charge in [-0.05, 0) is 18.6 Å². The van der Waals surface area contributed by atoms with E-state index in [4.69, 9.17) is 14.0 Å². The van der Waals surface area contributed by atoms with Gasteiger partial charge in [0.1, 0.15) is 11.9 Å². The van der Waals surface area contributed by atoms with Crippen LogP contribution >= 0.6 is 0 Å². The maximum Gasteiger partial charge on any atom is 0.261 e. The molecule has 1 aliphatic rings. The largest absolute Gasteiger partial charge is 0.507 e. The summed E-state index contributed by atoms with van der Waals surface area (Å²) in [5.74, 6) is 0.875. The normalized spacial score (nSPS) is 19.5. The van der Waals surface area contributed by atoms with E-state index in [0.717, 1.165) is 5.56 Å². The van der Waals surface area contributed by atoms with Crippen LogP contribution < -0.4 is 0 Å². The Morgan fingerprint density at radius 1 is 1.32 bits per heavy atom. The summed E-state index contributed by atoms with van der Waals surface area (Å²) in [4.78, 5) is 4.26. The van der Waals surface area contributed by atoms with Gasteiger partial charge >= 0.3 is 0 Å². The van der Waals surface area contributed by atoms with Gasteiger partial charge in [-0.15, -0.1) is 0 Å². The predicted molar refractivity (Wildman–Crippen MR) is 65.6 cm³/mol. The van der Waals surface area contributed by atoms with Gasteiger partial charge < -0.3 is 19.1 Å². The van der Waals surface area contributed by atoms with E-state index in [1.165, 1.54) is 0 Å². The predicted octanol–water partition coefficient (Wildman–Crippen LogP) is 1.84. The molecule has 0 amide bonds. The lowest BCUT2D eigenvalue weighted by molar-refractivity contribution is -0.0941. The van der Waals surface area contributed by atoms with Crippen LogP contribution in [0.15, 0.2) is 22.7 Å². The summed E-state index contributed by atoms with van der Waals surface area (Å²) in [7, 11) is 0. The first-order valence-corrected chi connectivity index (χ1v) is 6.07. The molecule has 0 saturated carbocycles. The van der Waals surface area contributed by atoms with E-state index in [1.807, 2.05) is 19.1 Å². The topological polar surface area (TPSA) is 77.6 Å². The van der Waals surface area contributed by atoms with Gasteiger partial charge in [0.05, 0.1) is 25.4 Å². The van der Waals surface area contributed by atoms with Gasteiger partial charge in [0.2, 0.25) is 5.82 Å². The minimum atomic E-state index is -0.307. The van der Waals surface area contributed by atoms with Gasteiger partial charge in [-0.25, -0.2) is 0 Å². The summed E-state index contributed by atoms with van der Waals surface area (Å²) in [5, 5.41) is 13.9. The number of hydrogen-bond acceptors (Lipinski definition) is 6. The van der Waals surface area contributed by atoms with E-state index in [0.29, 0.717) is 31.2 Å². The molecule has 1 aromatic heterocycles. The molecule has 0 aliphatic carbocycles. The average molecular weight is 262 g/mol. The Morgan fingerprint density at radius 3 is 3.00 bits per heavy atom. The maximum absolute atomic E-state index is 9.99. The van der Waals surface area contributed by atoms with Crippen molar-refractivity contribution in [2.24, 2.45) is 0 Å². The second-order valence-electron chi connectivity index (χ2n) is 4.36. The minimum Gasteiger partial charge on any atom is -0.507 e. The number of para-hydroxylation sites is 1. The Morgan fingerprint density at radius 2 is 2.21 bits per heavy atom. The Kier molecular flexibility index (Phi) is 3.18. The molecular weight excluding hydrogens is 248 g/mol. The number of phenols is 1. The number of aromatic nitrogens is 2. The lowest BCUT2D eigenvalue weighted by Gasteiger charge is -2.19. The van der Waals surface area contributed by atoms with Crippen LogP contribution in [0.2, 0.25) is 0 Å². The molecule has 3 rings (SSSR count). The van der Waals surface area contributed by atoms with Crippen molar-refractivity contribution in [3.8, 4) is 17.2 Å². The highest BCUT2D eigenvalue weighted by Gasteiger charge is 2.23. The number of aryl methyl sites for hydroxylation is 1. The van der Waals surface area contributed by atoms with Gasteiger partial charge in [-0.3, -0.25) is 0 Å². The van der Waals surface area contributed by atoms with Crippen LogP contribution in [0.5, 0.6) is 5.75 Å². The molecule has 100 valence electrons. The van der Waals surface area contributed by atoms with Crippen molar-refractivity contribution < 1.29 is 19.1 Å². The molecule has 0 bridgehead atoms. The lowest BCUT2D eigenvalue weighted by atomic mass is 10.1. The molecule has 1 aliphatic heterocycles. The van der Waals surface area contributed by atoms with Crippen LogP contribution in [0.4, 0.5) is 0 Å². The van der Waals surface area contributed by atoms with Gasteiger partial charge in [0, 0.05) is 0 Å². The number of benzene rings is 1. The standard InChI is InChI=1S/C13H14N2O4/c1-8-3-2-4-9(11(8)16)13-14-12(15-19-13)10-7-17-5-6-18-10/h2-4,10,16H,5-7H2,1H3. The van der Waals surface area contributed by atoms with Gasteiger partial charge in [-0.1, -0.05) is 17.3 Å². The molecular formula is C13H14N2O4. The van der Waals surface area contributed by atoms with Crippen molar-refractivity contribution in [2.45, 2.75) is 13.0 Å². The number of aromatic hydroxyl groups is 1. The first-order chi connectivity index (χ1) is 9.25. The van der Waals surface area contributed by atoms with Crippen LogP contribution in [0.25, 0.3) is 11.5 Å². The summed E-state index contributed by atoms with van der Waals surface area (Å²) in [5.41, 5.74) is 1.28. The van der Waals surface area contributed by atoms with Crippen molar-refractivity contribution in [1.82, 2.24) is 10.1 Å². The second kappa shape index (κ2) is 4.99. The van der Waals surface area contributed by atoms with Crippen molar-refractivity contribution in [3.63, 3.8) is 0 Å². The number of ether oxygens (including phenoxy) is 2. The molecule has 6 heteroatoms. The summed E-state index contributed by atoms with van der Waals surface area (Å²) >= 11 is 0. The molecule has 1 N–H and O–H groups in total. The molecule has 0 spiro atoms. The minimum absolute atomic E-state index is 0.151. The van der Waals surface area contributed by atoms with E-state index >= 15 is 0 Å². The third-order valence-electron chi connectivity index (χ3n) is 3.01. The van der Waals surface area contributed by atoms with E-state index in [9.17, 15) is 5.11 Å². The Hall–Kier alpha value is -1.92. The van der Waals surface area contributed by atoms with Crippen LogP contribution in [-0.4, -0.2) is 35.1 Å². The molecule has 1 fully saturated rings. The summed E-state index contributed by atoms with van der Waals surface area (Å²) in [6, 6.07) is 5.38. The van der Waals surface area contributed by atoms with E-state index in [2.05, 4.69) is 10.1 Å². The van der Waals surface area contributed by atoms with Gasteiger partial charge in [-0.2, -0.15) is 4.98 Å². The number of phenolic OH excluding ortho intramolecular Hbond substituents is 1. The van der Waals surface area contributed by atoms with Crippen LogP contribution in [0.3, 0.4) is 0 Å². The highest BCUT2D eigenvalue weighted by Crippen LogP contribution is 2.31. The average Bonchev–Trinajstić information content (AvgIpc) is 2.92. The summed E-state index contributed by atoms with van der Waals surface area (Å²) in [6.07, 6.45) is -0.307. The molecule has 1 unspecified atom stereocenters. The van der Waals surface area contributed by atoms with Crippen molar-refractivity contribution in [3.05, 3.63) is 29.6 Å². The fraction of sp³-hybridized carbons (Fsp3) is 0.385. The molecule has 2 heterocycles. The number of nitrogens with zero attached hydrogens (tertiary/aromatic N) is 2. The number of hydrogen-bond donors (Lipinski definition) is 1. The second-order valence-corrected chi connectivity index (χ2v) is 4.36. The monoisotopic (exact) mass is 262 g/mol. The molecule has 6 nitrogen and oxygen atoms in total. The Bertz CT molecular complexity index is 576. The van der Waals surface area contributed by atoms with Crippen molar-refractivity contribution in [2.75, 3.05) is 19.8 Å². The zero-order valence-electron chi connectivity index (χ0n) is 10.5. The molecule has 2 aromatic rings. The van der Waals surface area contributed by atoms with E-state index < -0.39 is 0 Å². The molecule has 19 heavy (non-hydrogen) atoms. The zero-order chi connectivity index (χ0) is 13.2. The third-order valence-corrected chi connectivity index (χ3v) is 3.01. The SMILES string of the molecule is Cc1cccc(-c2nc(C3COCCO3)no2)c1O. The Labute approximate surface area is 110 Å². The molecule has 1 saturated heterocycles. The summed E-state index contributed by atoms with van der Waals surface area (Å²) in [6.45, 7) is 3.33. The Balaban J connectivity index is 1.90. The maximum atomic E-state index is 9.99. The van der Waals surface area contributed by atoms with E-state index in [-0.39, 0.29) is 17.7 Å². The summed E-state index contributed by atoms with van der Waals surface area (Å²) < 4.78 is 16.0. The van der Waals surface area contributed by atoms with Crippen LogP contribution in [-0.2, 0) is 9.47 Å². The van der Waals surface area contributed by atoms with Crippen LogP contribution in [0.1, 0.15) is 17.5 Å². The highest BCUT2D eigenvalue weighted by atomic mass is 16.6. The van der Waals surface area contributed by atoms with E-state index in [1.54, 1.807) is 6.07 Å². The first kappa shape index (κ1) is 12.1. The van der Waals surface area contributed by atoms with Gasteiger partial charge in [0.15, 0.2) is 0 Å². The third kappa shape index (κ3) is 2.32. The van der Waals surface area contributed by atoms with Crippen molar-refractivity contribution >= 4 is 0 Å². The fourth-order valence-electron chi connectivity index (χ4n) is 1.94. The van der Waals surface area contributed by atoms with Crippen LogP contribution in [0, 0.1) is 6.92 Å². The quantitative estimate of drug-likeness (QED) is 0.889. The fourth-order valence-corrected chi connectivity index (χ4v) is 1.94.